The summed E-state index contributed by atoms with van der Waals surface area (Å²) < 4.78 is 4.74. The third-order valence-corrected chi connectivity index (χ3v) is 5.33. The van der Waals surface area contributed by atoms with Crippen LogP contribution in [-0.4, -0.2) is 19.4 Å². The van der Waals surface area contributed by atoms with Crippen molar-refractivity contribution in [1.82, 2.24) is 0 Å². The molecule has 4 rings (SSSR count). The summed E-state index contributed by atoms with van der Waals surface area (Å²) in [5.74, 6) is -0.211. The van der Waals surface area contributed by atoms with E-state index >= 15 is 0 Å². The number of aryl methyl sites for hydroxylation is 1. The predicted molar refractivity (Wildman–Crippen MR) is 124 cm³/mol. The van der Waals surface area contributed by atoms with Crippen molar-refractivity contribution in [1.29, 1.82) is 0 Å². The lowest BCUT2D eigenvalue weighted by Crippen LogP contribution is -2.10. The predicted octanol–water partition coefficient (Wildman–Crippen LogP) is 6.23. The first-order valence-electron chi connectivity index (χ1n) is 10.2. The number of esters is 1. The number of methoxy groups -OCH3 is 1. The number of anilines is 3. The Morgan fingerprint density at radius 3 is 2.16 bits per heavy atom. The third-order valence-electron chi connectivity index (χ3n) is 5.33. The van der Waals surface area contributed by atoms with Crippen molar-refractivity contribution in [3.63, 3.8) is 0 Å². The summed E-state index contributed by atoms with van der Waals surface area (Å²) in [6.07, 6.45) is 1.84. The van der Waals surface area contributed by atoms with Crippen molar-refractivity contribution >= 4 is 40.1 Å². The van der Waals surface area contributed by atoms with Crippen LogP contribution in [0.5, 0.6) is 0 Å². The molecule has 0 heterocycles. The highest BCUT2D eigenvalue weighted by atomic mass is 16.5. The van der Waals surface area contributed by atoms with Crippen LogP contribution in [0.4, 0.5) is 17.1 Å². The summed E-state index contributed by atoms with van der Waals surface area (Å²) in [5.41, 5.74) is 4.73. The van der Waals surface area contributed by atoms with Gasteiger partial charge in [0.05, 0.1) is 12.8 Å². The summed E-state index contributed by atoms with van der Waals surface area (Å²) in [6, 6.07) is 30.3. The molecule has 4 nitrogen and oxygen atoms in total. The van der Waals surface area contributed by atoms with Gasteiger partial charge >= 0.3 is 5.97 Å². The van der Waals surface area contributed by atoms with Gasteiger partial charge in [0.1, 0.15) is 6.29 Å². The zero-order valence-electron chi connectivity index (χ0n) is 17.3. The monoisotopic (exact) mass is 409 g/mol. The fourth-order valence-corrected chi connectivity index (χ4v) is 3.69. The Bertz CT molecular complexity index is 1190. The molecular formula is C27H23NO3. The molecule has 0 fully saturated rings. The highest BCUT2D eigenvalue weighted by Crippen LogP contribution is 2.38. The maximum atomic E-state index is 11.5. The molecule has 0 aliphatic rings. The Kier molecular flexibility index (Phi) is 6.08. The van der Waals surface area contributed by atoms with Crippen LogP contribution in [0.25, 0.3) is 10.8 Å². The van der Waals surface area contributed by atoms with E-state index < -0.39 is 0 Å². The van der Waals surface area contributed by atoms with E-state index in [0.717, 1.165) is 39.7 Å². The number of carbonyl (C=O) groups is 2. The quantitative estimate of drug-likeness (QED) is 0.268. The van der Waals surface area contributed by atoms with Crippen molar-refractivity contribution in [2.45, 2.75) is 12.8 Å². The summed E-state index contributed by atoms with van der Waals surface area (Å²) in [7, 11) is 1.41. The second-order valence-electron chi connectivity index (χ2n) is 7.29. The van der Waals surface area contributed by atoms with Gasteiger partial charge in [0.2, 0.25) is 0 Å². The molecule has 0 saturated heterocycles. The summed E-state index contributed by atoms with van der Waals surface area (Å²) in [6.45, 7) is 0. The van der Waals surface area contributed by atoms with Crippen molar-refractivity contribution in [3.8, 4) is 0 Å². The minimum Gasteiger partial charge on any atom is -0.469 e. The number of carbonyl (C=O) groups excluding carboxylic acids is 2. The molecular weight excluding hydrogens is 386 g/mol. The van der Waals surface area contributed by atoms with Gasteiger partial charge in [0.25, 0.3) is 0 Å². The smallest absolute Gasteiger partial charge is 0.305 e. The number of hydrogen-bond acceptors (Lipinski definition) is 4. The van der Waals surface area contributed by atoms with Crippen molar-refractivity contribution in [2.75, 3.05) is 12.0 Å². The summed E-state index contributed by atoms with van der Waals surface area (Å²) in [4.78, 5) is 24.8. The van der Waals surface area contributed by atoms with Crippen LogP contribution < -0.4 is 4.90 Å². The lowest BCUT2D eigenvalue weighted by atomic mass is 10.0. The Balaban J connectivity index is 1.77. The Morgan fingerprint density at radius 1 is 0.839 bits per heavy atom. The molecule has 4 heteroatoms. The Labute approximate surface area is 181 Å². The maximum Gasteiger partial charge on any atom is 0.305 e. The molecule has 0 spiro atoms. The van der Waals surface area contributed by atoms with Gasteiger partial charge in [-0.2, -0.15) is 0 Å². The van der Waals surface area contributed by atoms with Gasteiger partial charge in [-0.25, -0.2) is 0 Å². The summed E-state index contributed by atoms with van der Waals surface area (Å²) in [5, 5.41) is 2.29. The SMILES string of the molecule is COC(=O)CCc1ccc(N(c2ccc(C=O)cc2)c2cccc3ccccc23)cc1. The van der Waals surface area contributed by atoms with Crippen LogP contribution in [0.1, 0.15) is 22.3 Å². The molecule has 31 heavy (non-hydrogen) atoms. The van der Waals surface area contributed by atoms with Crippen LogP contribution in [0, 0.1) is 0 Å². The fourth-order valence-electron chi connectivity index (χ4n) is 3.69. The first-order valence-corrected chi connectivity index (χ1v) is 10.2. The molecule has 0 N–H and O–H groups in total. The number of ether oxygens (including phenoxy) is 1. The molecule has 0 amide bonds. The first kappa shape index (κ1) is 20.4. The summed E-state index contributed by atoms with van der Waals surface area (Å²) >= 11 is 0. The lowest BCUT2D eigenvalue weighted by molar-refractivity contribution is -0.140. The highest BCUT2D eigenvalue weighted by molar-refractivity contribution is 5.99. The molecule has 0 saturated carbocycles. The molecule has 0 bridgehead atoms. The zero-order valence-corrected chi connectivity index (χ0v) is 17.3. The van der Waals surface area contributed by atoms with E-state index in [2.05, 4.69) is 47.4 Å². The van der Waals surface area contributed by atoms with Gasteiger partial charge in [0.15, 0.2) is 0 Å². The average molecular weight is 409 g/mol. The molecule has 0 aliphatic carbocycles. The lowest BCUT2D eigenvalue weighted by Gasteiger charge is -2.27. The molecule has 4 aromatic carbocycles. The number of hydrogen-bond donors (Lipinski definition) is 0. The van der Waals surface area contributed by atoms with E-state index in [1.54, 1.807) is 0 Å². The van der Waals surface area contributed by atoms with Gasteiger partial charge in [0, 0.05) is 28.7 Å². The van der Waals surface area contributed by atoms with Crippen molar-refractivity contribution in [3.05, 3.63) is 102 Å². The number of benzene rings is 4. The second-order valence-corrected chi connectivity index (χ2v) is 7.29. The van der Waals surface area contributed by atoms with Crippen molar-refractivity contribution < 1.29 is 14.3 Å². The highest BCUT2D eigenvalue weighted by Gasteiger charge is 2.15. The van der Waals surface area contributed by atoms with E-state index in [-0.39, 0.29) is 5.97 Å². The normalized spacial score (nSPS) is 10.6. The van der Waals surface area contributed by atoms with E-state index in [4.69, 9.17) is 4.74 Å². The molecule has 0 aromatic heterocycles. The topological polar surface area (TPSA) is 46.6 Å². The van der Waals surface area contributed by atoms with E-state index in [0.29, 0.717) is 18.4 Å². The van der Waals surface area contributed by atoms with Gasteiger partial charge in [-0.3, -0.25) is 9.59 Å². The van der Waals surface area contributed by atoms with Crippen LogP contribution in [0.15, 0.2) is 91.0 Å². The largest absolute Gasteiger partial charge is 0.469 e. The van der Waals surface area contributed by atoms with Gasteiger partial charge in [-0.1, -0.05) is 48.5 Å². The van der Waals surface area contributed by atoms with E-state index in [9.17, 15) is 9.59 Å². The van der Waals surface area contributed by atoms with Gasteiger partial charge in [-0.05, 0) is 59.8 Å². The third kappa shape index (κ3) is 4.48. The standard InChI is InChI=1S/C27H23NO3/c1-31-27(30)18-13-20-9-14-23(15-10-20)28(24-16-11-21(19-29)12-17-24)26-8-4-6-22-5-2-3-7-25(22)26/h2-12,14-17,19H,13,18H2,1H3. The van der Waals surface area contributed by atoms with Crippen LogP contribution in [0.3, 0.4) is 0 Å². The molecule has 0 radical (unpaired) electrons. The van der Waals surface area contributed by atoms with Crippen LogP contribution in [-0.2, 0) is 16.0 Å². The Morgan fingerprint density at radius 2 is 1.48 bits per heavy atom. The fraction of sp³-hybridized carbons (Fsp3) is 0.111. The number of nitrogens with zero attached hydrogens (tertiary/aromatic N) is 1. The van der Waals surface area contributed by atoms with Crippen LogP contribution in [0.2, 0.25) is 0 Å². The van der Waals surface area contributed by atoms with Crippen LogP contribution >= 0.6 is 0 Å². The van der Waals surface area contributed by atoms with E-state index in [1.807, 2.05) is 48.5 Å². The first-order chi connectivity index (χ1) is 15.2. The number of rotatable bonds is 7. The molecule has 154 valence electrons. The molecule has 0 atom stereocenters. The number of aldehydes is 1. The minimum absolute atomic E-state index is 0.211. The second kappa shape index (κ2) is 9.26. The molecule has 4 aromatic rings. The maximum absolute atomic E-state index is 11.5. The Hall–Kier alpha value is -3.92. The average Bonchev–Trinajstić information content (AvgIpc) is 2.84. The molecule has 0 unspecified atom stereocenters. The number of fused-ring (bicyclic) bond motifs is 1. The minimum atomic E-state index is -0.211. The van der Waals surface area contributed by atoms with Gasteiger partial charge < -0.3 is 9.64 Å². The zero-order chi connectivity index (χ0) is 21.6. The van der Waals surface area contributed by atoms with Gasteiger partial charge in [-0.15, -0.1) is 0 Å². The van der Waals surface area contributed by atoms with Crippen molar-refractivity contribution in [2.24, 2.45) is 0 Å². The molecule has 0 aliphatic heterocycles. The van der Waals surface area contributed by atoms with E-state index in [1.165, 1.54) is 7.11 Å².